The molecule has 19 heavy (non-hydrogen) atoms. The van der Waals surface area contributed by atoms with Gasteiger partial charge >= 0.3 is 18.2 Å². The van der Waals surface area contributed by atoms with Crippen LogP contribution in [0.4, 0.5) is 18.0 Å². The number of rotatable bonds is 6. The van der Waals surface area contributed by atoms with E-state index >= 15 is 0 Å². The van der Waals surface area contributed by atoms with Crippen molar-refractivity contribution in [1.29, 1.82) is 0 Å². The molecule has 2 N–H and O–H groups in total. The van der Waals surface area contributed by atoms with Crippen molar-refractivity contribution in [3.63, 3.8) is 0 Å². The van der Waals surface area contributed by atoms with Gasteiger partial charge in [0, 0.05) is 6.54 Å². The van der Waals surface area contributed by atoms with Crippen LogP contribution in [0.3, 0.4) is 0 Å². The molecule has 0 aliphatic heterocycles. The fourth-order valence-electron chi connectivity index (χ4n) is 1.24. The van der Waals surface area contributed by atoms with E-state index in [9.17, 15) is 22.8 Å². The molecule has 9 heteroatoms. The summed E-state index contributed by atoms with van der Waals surface area (Å²) in [6, 6.07) is -1.19. The Balaban J connectivity index is 4.91. The van der Waals surface area contributed by atoms with Crippen molar-refractivity contribution >= 4 is 12.0 Å². The van der Waals surface area contributed by atoms with Crippen molar-refractivity contribution in [2.24, 2.45) is 0 Å². The molecular formula is C10H13F3N2O4. The third kappa shape index (κ3) is 7.15. The quantitative estimate of drug-likeness (QED) is 0.671. The Morgan fingerprint density at radius 3 is 2.21 bits per heavy atom. The Labute approximate surface area is 107 Å². The van der Waals surface area contributed by atoms with Crippen LogP contribution in [0.25, 0.3) is 0 Å². The second-order valence-corrected chi connectivity index (χ2v) is 3.50. The normalized spacial score (nSPS) is 10.7. The molecule has 0 rings (SSSR count). The maximum atomic E-state index is 12.3. The summed E-state index contributed by atoms with van der Waals surface area (Å²) in [6.45, 7) is -4.10. The Kier molecular flexibility index (Phi) is 6.71. The minimum absolute atomic E-state index is 0.292. The number of terminal acetylenes is 1. The van der Waals surface area contributed by atoms with Crippen molar-refractivity contribution in [2.45, 2.75) is 6.18 Å². The predicted molar refractivity (Wildman–Crippen MR) is 58.2 cm³/mol. The predicted octanol–water partition coefficient (Wildman–Crippen LogP) is -0.0172. The van der Waals surface area contributed by atoms with Crippen LogP contribution >= 0.6 is 0 Å². The molecular weight excluding hydrogens is 269 g/mol. The van der Waals surface area contributed by atoms with Gasteiger partial charge in [0.2, 0.25) is 0 Å². The monoisotopic (exact) mass is 282 g/mol. The Morgan fingerprint density at radius 1 is 1.26 bits per heavy atom. The molecule has 6 nitrogen and oxygen atoms in total. The number of amides is 2. The van der Waals surface area contributed by atoms with Crippen molar-refractivity contribution in [1.82, 2.24) is 9.80 Å². The van der Waals surface area contributed by atoms with Crippen LogP contribution in [0.1, 0.15) is 0 Å². The van der Waals surface area contributed by atoms with E-state index in [0.717, 1.165) is 0 Å². The molecule has 0 spiro atoms. The molecule has 0 aromatic rings. The number of carboxylic acid groups (broad SMARTS) is 1. The fourth-order valence-corrected chi connectivity index (χ4v) is 1.24. The SMILES string of the molecule is C#CCN(CC(=O)O)C(=O)N(CCO)CC(F)(F)F. The summed E-state index contributed by atoms with van der Waals surface area (Å²) in [7, 11) is 0. The summed E-state index contributed by atoms with van der Waals surface area (Å²) in [5.41, 5.74) is 0. The number of carboxylic acids is 1. The molecule has 0 aromatic carbocycles. The van der Waals surface area contributed by atoms with Gasteiger partial charge in [-0.3, -0.25) is 4.79 Å². The van der Waals surface area contributed by atoms with Crippen LogP contribution in [0.15, 0.2) is 0 Å². The minimum Gasteiger partial charge on any atom is -0.480 e. The van der Waals surface area contributed by atoms with Gasteiger partial charge in [0.25, 0.3) is 0 Å². The lowest BCUT2D eigenvalue weighted by Gasteiger charge is -2.28. The minimum atomic E-state index is -4.66. The summed E-state index contributed by atoms with van der Waals surface area (Å²) in [4.78, 5) is 23.1. The highest BCUT2D eigenvalue weighted by Gasteiger charge is 2.34. The lowest BCUT2D eigenvalue weighted by atomic mass is 10.4. The number of aliphatic hydroxyl groups excluding tert-OH is 1. The highest BCUT2D eigenvalue weighted by Crippen LogP contribution is 2.17. The fraction of sp³-hybridized carbons (Fsp3) is 0.600. The van der Waals surface area contributed by atoms with E-state index in [4.69, 9.17) is 16.6 Å². The summed E-state index contributed by atoms with van der Waals surface area (Å²) < 4.78 is 36.8. The standard InChI is InChI=1S/C10H13F3N2O4/c1-2-3-14(6-8(17)18)9(19)15(4-5-16)7-10(11,12)13/h1,16H,3-7H2,(H,17,18). The van der Waals surface area contributed by atoms with Crippen molar-refractivity contribution in [2.75, 3.05) is 32.8 Å². The molecule has 0 aromatic heterocycles. The van der Waals surface area contributed by atoms with Crippen molar-refractivity contribution < 1.29 is 33.0 Å². The first-order valence-electron chi connectivity index (χ1n) is 5.08. The molecule has 0 saturated heterocycles. The molecule has 0 radical (unpaired) electrons. The number of urea groups is 1. The maximum absolute atomic E-state index is 12.3. The molecule has 0 saturated carbocycles. The van der Waals surface area contributed by atoms with Crippen LogP contribution in [0.2, 0.25) is 0 Å². The van der Waals surface area contributed by atoms with Gasteiger partial charge in [-0.05, 0) is 0 Å². The Bertz CT molecular complexity index is 365. The lowest BCUT2D eigenvalue weighted by Crippen LogP contribution is -2.49. The first-order chi connectivity index (χ1) is 8.71. The highest BCUT2D eigenvalue weighted by molar-refractivity contribution is 5.80. The topological polar surface area (TPSA) is 81.1 Å². The van der Waals surface area contributed by atoms with E-state index in [1.165, 1.54) is 0 Å². The van der Waals surface area contributed by atoms with Crippen LogP contribution in [-0.2, 0) is 4.79 Å². The first-order valence-corrected chi connectivity index (χ1v) is 5.08. The number of hydrogen-bond acceptors (Lipinski definition) is 3. The average molecular weight is 282 g/mol. The maximum Gasteiger partial charge on any atom is 0.406 e. The first kappa shape index (κ1) is 17.1. The molecule has 0 bridgehead atoms. The summed E-state index contributed by atoms with van der Waals surface area (Å²) >= 11 is 0. The van der Waals surface area contributed by atoms with E-state index in [-0.39, 0.29) is 0 Å². The van der Waals surface area contributed by atoms with Crippen LogP contribution in [-0.4, -0.2) is 71.0 Å². The Hall–Kier alpha value is -1.95. The van der Waals surface area contributed by atoms with Gasteiger partial charge in [-0.1, -0.05) is 5.92 Å². The van der Waals surface area contributed by atoms with Gasteiger partial charge in [0.1, 0.15) is 13.1 Å². The molecule has 0 fully saturated rings. The number of aliphatic hydroxyl groups is 1. The number of hydrogen-bond donors (Lipinski definition) is 2. The Morgan fingerprint density at radius 2 is 1.84 bits per heavy atom. The van der Waals surface area contributed by atoms with Crippen LogP contribution in [0, 0.1) is 12.3 Å². The van der Waals surface area contributed by atoms with Gasteiger partial charge in [0.15, 0.2) is 0 Å². The van der Waals surface area contributed by atoms with Crippen molar-refractivity contribution in [3.8, 4) is 12.3 Å². The zero-order chi connectivity index (χ0) is 15.1. The third-order valence-electron chi connectivity index (χ3n) is 1.89. The lowest BCUT2D eigenvalue weighted by molar-refractivity contribution is -0.142. The van der Waals surface area contributed by atoms with Crippen LogP contribution < -0.4 is 0 Å². The second-order valence-electron chi connectivity index (χ2n) is 3.50. The molecule has 108 valence electrons. The van der Waals surface area contributed by atoms with E-state index < -0.39 is 51.0 Å². The highest BCUT2D eigenvalue weighted by atomic mass is 19.4. The second kappa shape index (κ2) is 7.48. The molecule has 0 aliphatic rings. The van der Waals surface area contributed by atoms with E-state index in [1.54, 1.807) is 0 Å². The van der Waals surface area contributed by atoms with Crippen LogP contribution in [0.5, 0.6) is 0 Å². The summed E-state index contributed by atoms with van der Waals surface area (Å²) in [5, 5.41) is 17.2. The number of nitrogens with zero attached hydrogens (tertiary/aromatic N) is 2. The molecule has 0 atom stereocenters. The smallest absolute Gasteiger partial charge is 0.406 e. The molecule has 0 unspecified atom stereocenters. The van der Waals surface area contributed by atoms with Gasteiger partial charge < -0.3 is 20.0 Å². The van der Waals surface area contributed by atoms with Gasteiger partial charge in [-0.15, -0.1) is 6.42 Å². The van der Waals surface area contributed by atoms with Gasteiger partial charge in [-0.2, -0.15) is 13.2 Å². The zero-order valence-electron chi connectivity index (χ0n) is 9.85. The molecule has 0 heterocycles. The third-order valence-corrected chi connectivity index (χ3v) is 1.89. The average Bonchev–Trinajstić information content (AvgIpc) is 2.24. The summed E-state index contributed by atoms with van der Waals surface area (Å²) in [5.74, 6) is 0.582. The largest absolute Gasteiger partial charge is 0.480 e. The van der Waals surface area contributed by atoms with Crippen molar-refractivity contribution in [3.05, 3.63) is 0 Å². The van der Waals surface area contributed by atoms with E-state index in [1.807, 2.05) is 5.92 Å². The molecule has 2 amide bonds. The molecule has 0 aliphatic carbocycles. The number of aliphatic carboxylic acids is 1. The number of carbonyl (C=O) groups is 2. The number of carbonyl (C=O) groups excluding carboxylic acids is 1. The van der Waals surface area contributed by atoms with Gasteiger partial charge in [0.05, 0.1) is 13.2 Å². The van der Waals surface area contributed by atoms with E-state index in [2.05, 4.69) is 0 Å². The number of alkyl halides is 3. The number of halogens is 3. The summed E-state index contributed by atoms with van der Waals surface area (Å²) in [6.07, 6.45) is 0.260. The van der Waals surface area contributed by atoms with E-state index in [0.29, 0.717) is 9.80 Å². The van der Waals surface area contributed by atoms with Gasteiger partial charge in [-0.25, -0.2) is 4.79 Å². The zero-order valence-corrected chi connectivity index (χ0v) is 9.85.